The average Bonchev–Trinajstić information content (AvgIpc) is 3.17. The summed E-state index contributed by atoms with van der Waals surface area (Å²) < 4.78 is 40.0. The molecule has 0 saturated carbocycles. The Hall–Kier alpha value is -2.75. The number of nitrogens with zero attached hydrogens (tertiary/aromatic N) is 1. The van der Waals surface area contributed by atoms with Gasteiger partial charge in [-0.25, -0.2) is 8.42 Å². The molecule has 0 spiro atoms. The molecule has 0 aliphatic carbocycles. The number of fused-ring (bicyclic) bond motifs is 1. The average molecular weight is 479 g/mol. The van der Waals surface area contributed by atoms with Crippen molar-refractivity contribution in [3.05, 3.63) is 69.4 Å². The molecule has 0 fully saturated rings. The molecule has 0 saturated heterocycles. The first-order valence-electron chi connectivity index (χ1n) is 9.35. The van der Waals surface area contributed by atoms with Crippen LogP contribution in [0.25, 0.3) is 0 Å². The van der Waals surface area contributed by atoms with Crippen LogP contribution in [0.5, 0.6) is 11.5 Å². The highest BCUT2D eigenvalue weighted by atomic mass is 35.5. The molecule has 0 unspecified atom stereocenters. The number of rotatable bonds is 6. The van der Waals surface area contributed by atoms with Crippen LogP contribution in [-0.4, -0.2) is 39.5 Å². The monoisotopic (exact) mass is 478 g/mol. The van der Waals surface area contributed by atoms with Gasteiger partial charge in [0.2, 0.25) is 0 Å². The van der Waals surface area contributed by atoms with E-state index in [1.165, 1.54) is 28.4 Å². The number of sulfonamides is 1. The fourth-order valence-corrected chi connectivity index (χ4v) is 5.34. The molecule has 162 valence electrons. The van der Waals surface area contributed by atoms with E-state index in [9.17, 15) is 13.2 Å². The van der Waals surface area contributed by atoms with E-state index in [4.69, 9.17) is 21.1 Å². The molecule has 4 rings (SSSR count). The largest absolute Gasteiger partial charge is 0.486 e. The second-order valence-corrected chi connectivity index (χ2v) is 10.3. The lowest BCUT2D eigenvalue weighted by Crippen LogP contribution is -2.27. The maximum absolute atomic E-state index is 13.0. The van der Waals surface area contributed by atoms with Crippen molar-refractivity contribution in [3.63, 3.8) is 0 Å². The predicted molar refractivity (Wildman–Crippen MR) is 120 cm³/mol. The molecule has 0 bridgehead atoms. The number of hydrogen-bond acceptors (Lipinski definition) is 6. The molecular weight excluding hydrogens is 460 g/mol. The van der Waals surface area contributed by atoms with Crippen molar-refractivity contribution in [1.82, 2.24) is 4.90 Å². The molecule has 2 aromatic carbocycles. The number of carbonyl (C=O) groups excluding carboxylic acids is 1. The third-order valence-electron chi connectivity index (χ3n) is 4.59. The molecule has 31 heavy (non-hydrogen) atoms. The minimum atomic E-state index is -3.96. The van der Waals surface area contributed by atoms with Gasteiger partial charge in [0.15, 0.2) is 11.5 Å². The summed E-state index contributed by atoms with van der Waals surface area (Å²) in [5, 5.41) is 0. The van der Waals surface area contributed by atoms with Crippen LogP contribution in [-0.2, 0) is 16.6 Å². The number of anilines is 1. The molecule has 3 aromatic rings. The quantitative estimate of drug-likeness (QED) is 0.572. The first-order valence-corrected chi connectivity index (χ1v) is 12.0. The molecule has 10 heteroatoms. The SMILES string of the molecule is CN(Cc1ccc(Cl)s1)C(=O)c1ccccc1NS(=O)(=O)c1ccc2c(c1)OCCO2. The van der Waals surface area contributed by atoms with Crippen molar-refractivity contribution in [2.24, 2.45) is 0 Å². The summed E-state index contributed by atoms with van der Waals surface area (Å²) in [6.45, 7) is 1.13. The first-order chi connectivity index (χ1) is 14.8. The lowest BCUT2D eigenvalue weighted by atomic mass is 10.1. The van der Waals surface area contributed by atoms with Gasteiger partial charge in [0.1, 0.15) is 13.2 Å². The third kappa shape index (κ3) is 4.79. The molecule has 7 nitrogen and oxygen atoms in total. The summed E-state index contributed by atoms with van der Waals surface area (Å²) in [7, 11) is -2.30. The van der Waals surface area contributed by atoms with Crippen molar-refractivity contribution >= 4 is 44.6 Å². The highest BCUT2D eigenvalue weighted by Gasteiger charge is 2.23. The number of carbonyl (C=O) groups is 1. The number of benzene rings is 2. The Morgan fingerprint density at radius 3 is 2.58 bits per heavy atom. The van der Waals surface area contributed by atoms with E-state index < -0.39 is 10.0 Å². The van der Waals surface area contributed by atoms with Crippen LogP contribution in [0, 0.1) is 0 Å². The standard InChI is InChI=1S/C21H19ClN2O5S2/c1-24(13-14-6-9-20(22)30-14)21(25)16-4-2-3-5-17(16)23-31(26,27)15-7-8-18-19(12-15)29-11-10-28-18/h2-9,12,23H,10-11,13H2,1H3. The number of hydrogen-bond donors (Lipinski definition) is 1. The van der Waals surface area contributed by atoms with Crippen molar-refractivity contribution in [2.45, 2.75) is 11.4 Å². The van der Waals surface area contributed by atoms with Gasteiger partial charge in [0, 0.05) is 18.0 Å². The second kappa shape index (κ2) is 8.78. The van der Waals surface area contributed by atoms with Gasteiger partial charge in [-0.2, -0.15) is 0 Å². The van der Waals surface area contributed by atoms with Gasteiger partial charge in [-0.05, 0) is 36.4 Å². The summed E-state index contributed by atoms with van der Waals surface area (Å²) >= 11 is 7.35. The lowest BCUT2D eigenvalue weighted by Gasteiger charge is -2.20. The van der Waals surface area contributed by atoms with Crippen LogP contribution < -0.4 is 14.2 Å². The Morgan fingerprint density at radius 2 is 1.84 bits per heavy atom. The molecule has 1 N–H and O–H groups in total. The fourth-order valence-electron chi connectivity index (χ4n) is 3.10. The minimum absolute atomic E-state index is 0.0144. The first kappa shape index (κ1) is 21.5. The van der Waals surface area contributed by atoms with E-state index in [1.807, 2.05) is 6.07 Å². The maximum atomic E-state index is 13.0. The Labute approximate surface area is 189 Å². The van der Waals surface area contributed by atoms with Gasteiger partial charge in [0.25, 0.3) is 15.9 Å². The fraction of sp³-hybridized carbons (Fsp3) is 0.190. The number of amides is 1. The van der Waals surface area contributed by atoms with E-state index in [-0.39, 0.29) is 22.1 Å². The Balaban J connectivity index is 1.57. The van der Waals surface area contributed by atoms with Gasteiger partial charge >= 0.3 is 0 Å². The third-order valence-corrected chi connectivity index (χ3v) is 7.17. The zero-order valence-electron chi connectivity index (χ0n) is 16.5. The lowest BCUT2D eigenvalue weighted by molar-refractivity contribution is 0.0787. The van der Waals surface area contributed by atoms with Gasteiger partial charge in [-0.1, -0.05) is 23.7 Å². The smallest absolute Gasteiger partial charge is 0.262 e. The molecule has 0 atom stereocenters. The van der Waals surface area contributed by atoms with Crippen molar-refractivity contribution in [1.29, 1.82) is 0 Å². The second-order valence-electron chi connectivity index (χ2n) is 6.82. The van der Waals surface area contributed by atoms with Crippen LogP contribution in [0.3, 0.4) is 0 Å². The molecule has 2 heterocycles. The van der Waals surface area contributed by atoms with E-state index >= 15 is 0 Å². The Morgan fingerprint density at radius 1 is 1.10 bits per heavy atom. The van der Waals surface area contributed by atoms with Crippen LogP contribution in [0.15, 0.2) is 59.5 Å². The highest BCUT2D eigenvalue weighted by molar-refractivity contribution is 7.92. The maximum Gasteiger partial charge on any atom is 0.262 e. The summed E-state index contributed by atoms with van der Waals surface area (Å²) in [6, 6.07) is 14.5. The van der Waals surface area contributed by atoms with Gasteiger partial charge in [0.05, 0.1) is 27.0 Å². The van der Waals surface area contributed by atoms with Gasteiger partial charge < -0.3 is 14.4 Å². The summed E-state index contributed by atoms with van der Waals surface area (Å²) in [6.07, 6.45) is 0. The van der Waals surface area contributed by atoms with Crippen LogP contribution >= 0.6 is 22.9 Å². The Kier molecular flexibility index (Phi) is 6.08. The molecular formula is C21H19ClN2O5S2. The van der Waals surface area contributed by atoms with Crippen LogP contribution in [0.1, 0.15) is 15.2 Å². The highest BCUT2D eigenvalue weighted by Crippen LogP contribution is 2.33. The topological polar surface area (TPSA) is 84.9 Å². The number of thiophene rings is 1. The summed E-state index contributed by atoms with van der Waals surface area (Å²) in [4.78, 5) is 15.5. The van der Waals surface area contributed by atoms with Crippen molar-refractivity contribution < 1.29 is 22.7 Å². The van der Waals surface area contributed by atoms with Gasteiger partial charge in [-0.3, -0.25) is 9.52 Å². The molecule has 1 aromatic heterocycles. The minimum Gasteiger partial charge on any atom is -0.486 e. The number of halogens is 1. The Bertz CT molecular complexity index is 1230. The molecule has 1 amide bonds. The van der Waals surface area contributed by atoms with E-state index in [1.54, 1.807) is 43.4 Å². The zero-order chi connectivity index (χ0) is 22.0. The molecule has 1 aliphatic rings. The van der Waals surface area contributed by atoms with Gasteiger partial charge in [-0.15, -0.1) is 11.3 Å². The van der Waals surface area contributed by atoms with Crippen molar-refractivity contribution in [2.75, 3.05) is 25.0 Å². The van der Waals surface area contributed by atoms with Crippen LogP contribution in [0.4, 0.5) is 5.69 Å². The molecule has 1 aliphatic heterocycles. The normalized spacial score (nSPS) is 13.0. The number of para-hydroxylation sites is 1. The predicted octanol–water partition coefficient (Wildman–Crippen LogP) is 4.25. The van der Waals surface area contributed by atoms with E-state index in [2.05, 4.69) is 4.72 Å². The number of ether oxygens (including phenoxy) is 2. The zero-order valence-corrected chi connectivity index (χ0v) is 18.9. The van der Waals surface area contributed by atoms with Crippen LogP contribution in [0.2, 0.25) is 4.34 Å². The summed E-state index contributed by atoms with van der Waals surface area (Å²) in [5.74, 6) is 0.550. The van der Waals surface area contributed by atoms with Crippen molar-refractivity contribution in [3.8, 4) is 11.5 Å². The molecule has 0 radical (unpaired) electrons. The van der Waals surface area contributed by atoms with E-state index in [0.29, 0.717) is 35.6 Å². The van der Waals surface area contributed by atoms with E-state index in [0.717, 1.165) is 4.88 Å². The summed E-state index contributed by atoms with van der Waals surface area (Å²) in [5.41, 5.74) is 0.437. The number of nitrogens with one attached hydrogen (secondary N) is 1.